The largest absolute Gasteiger partial charge is 0.486 e. The molecule has 2 N–H and O–H groups in total. The molecule has 0 saturated heterocycles. The predicted octanol–water partition coefficient (Wildman–Crippen LogP) is 4.60. The van der Waals surface area contributed by atoms with E-state index < -0.39 is 0 Å². The average Bonchev–Trinajstić information content (AvgIpc) is 2.61. The van der Waals surface area contributed by atoms with Crippen LogP contribution in [0.2, 0.25) is 0 Å². The molecule has 4 rings (SSSR count). The summed E-state index contributed by atoms with van der Waals surface area (Å²) in [5.74, 6) is 0.897. The van der Waals surface area contributed by atoms with Gasteiger partial charge in [0.2, 0.25) is 0 Å². The first-order valence-corrected chi connectivity index (χ1v) is 8.52. The average molecular weight is 318 g/mol. The van der Waals surface area contributed by atoms with Crippen molar-refractivity contribution in [2.75, 3.05) is 17.2 Å². The molecule has 0 bridgehead atoms. The first kappa shape index (κ1) is 14.9. The molecule has 3 aromatic rings. The molecule has 0 radical (unpaired) electrons. The SMILES string of the molecule is CCC1CN(Cc2cccc3ccccc23)c2ccc(N)cc2O1. The van der Waals surface area contributed by atoms with Gasteiger partial charge < -0.3 is 15.4 Å². The number of benzene rings is 3. The van der Waals surface area contributed by atoms with Gasteiger partial charge in [0, 0.05) is 18.3 Å². The molecule has 0 saturated carbocycles. The molecule has 1 aliphatic rings. The van der Waals surface area contributed by atoms with E-state index in [4.69, 9.17) is 10.5 Å². The van der Waals surface area contributed by atoms with Crippen LogP contribution in [-0.2, 0) is 6.54 Å². The van der Waals surface area contributed by atoms with E-state index in [0.717, 1.165) is 36.6 Å². The van der Waals surface area contributed by atoms with Gasteiger partial charge in [-0.2, -0.15) is 0 Å². The van der Waals surface area contributed by atoms with E-state index in [1.54, 1.807) is 0 Å². The topological polar surface area (TPSA) is 38.5 Å². The standard InChI is InChI=1S/C21H22N2O/c1-2-18-14-23(20-11-10-17(22)12-21(20)24-18)13-16-8-5-7-15-6-3-4-9-19(15)16/h3-12,18H,2,13-14,22H2,1H3. The highest BCUT2D eigenvalue weighted by molar-refractivity contribution is 5.86. The van der Waals surface area contributed by atoms with E-state index in [2.05, 4.69) is 60.4 Å². The van der Waals surface area contributed by atoms with Gasteiger partial charge in [-0.25, -0.2) is 0 Å². The first-order chi connectivity index (χ1) is 11.7. The summed E-state index contributed by atoms with van der Waals surface area (Å²) >= 11 is 0. The van der Waals surface area contributed by atoms with E-state index in [-0.39, 0.29) is 6.10 Å². The minimum Gasteiger partial charge on any atom is -0.486 e. The summed E-state index contributed by atoms with van der Waals surface area (Å²) in [6.07, 6.45) is 1.19. The summed E-state index contributed by atoms with van der Waals surface area (Å²) in [5.41, 5.74) is 9.16. The second-order valence-corrected chi connectivity index (χ2v) is 6.39. The summed E-state index contributed by atoms with van der Waals surface area (Å²) in [6.45, 7) is 3.94. The molecule has 1 atom stereocenters. The van der Waals surface area contributed by atoms with E-state index in [9.17, 15) is 0 Å². The van der Waals surface area contributed by atoms with Crippen LogP contribution < -0.4 is 15.4 Å². The van der Waals surface area contributed by atoms with Gasteiger partial charge in [-0.3, -0.25) is 0 Å². The third-order valence-corrected chi connectivity index (χ3v) is 4.74. The van der Waals surface area contributed by atoms with Crippen LogP contribution in [0.15, 0.2) is 60.7 Å². The Balaban J connectivity index is 1.73. The molecule has 0 fully saturated rings. The van der Waals surface area contributed by atoms with E-state index in [0.29, 0.717) is 0 Å². The molecule has 0 amide bonds. The van der Waals surface area contributed by atoms with Crippen molar-refractivity contribution in [3.05, 3.63) is 66.2 Å². The smallest absolute Gasteiger partial charge is 0.145 e. The second-order valence-electron chi connectivity index (χ2n) is 6.39. The Kier molecular flexibility index (Phi) is 3.77. The Morgan fingerprint density at radius 2 is 1.92 bits per heavy atom. The summed E-state index contributed by atoms with van der Waals surface area (Å²) in [5, 5.41) is 2.60. The zero-order valence-corrected chi connectivity index (χ0v) is 13.9. The monoisotopic (exact) mass is 318 g/mol. The van der Waals surface area contributed by atoms with Gasteiger partial charge in [-0.15, -0.1) is 0 Å². The number of hydrogen-bond acceptors (Lipinski definition) is 3. The van der Waals surface area contributed by atoms with Gasteiger partial charge in [0.1, 0.15) is 11.9 Å². The molecule has 0 aliphatic carbocycles. The molecular formula is C21H22N2O. The van der Waals surface area contributed by atoms with Crippen LogP contribution in [0, 0.1) is 0 Å². The third kappa shape index (κ3) is 2.67. The van der Waals surface area contributed by atoms with Crippen molar-refractivity contribution in [1.82, 2.24) is 0 Å². The van der Waals surface area contributed by atoms with Gasteiger partial charge in [-0.1, -0.05) is 49.4 Å². The highest BCUT2D eigenvalue weighted by atomic mass is 16.5. The lowest BCUT2D eigenvalue weighted by atomic mass is 10.0. The maximum Gasteiger partial charge on any atom is 0.145 e. The Bertz CT molecular complexity index is 869. The lowest BCUT2D eigenvalue weighted by Crippen LogP contribution is -2.39. The van der Waals surface area contributed by atoms with E-state index in [1.807, 2.05) is 12.1 Å². The zero-order chi connectivity index (χ0) is 16.5. The van der Waals surface area contributed by atoms with Crippen LogP contribution in [0.4, 0.5) is 11.4 Å². The van der Waals surface area contributed by atoms with Gasteiger partial charge in [0.15, 0.2) is 0 Å². The lowest BCUT2D eigenvalue weighted by molar-refractivity contribution is 0.189. The second kappa shape index (κ2) is 6.08. The Hall–Kier alpha value is -2.68. The minimum absolute atomic E-state index is 0.203. The number of fused-ring (bicyclic) bond motifs is 2. The fraction of sp³-hybridized carbons (Fsp3) is 0.238. The van der Waals surface area contributed by atoms with Crippen molar-refractivity contribution < 1.29 is 4.74 Å². The molecule has 122 valence electrons. The first-order valence-electron chi connectivity index (χ1n) is 8.52. The van der Waals surface area contributed by atoms with Crippen LogP contribution >= 0.6 is 0 Å². The van der Waals surface area contributed by atoms with Crippen molar-refractivity contribution in [2.24, 2.45) is 0 Å². The Labute approximate surface area is 142 Å². The molecule has 3 heteroatoms. The van der Waals surface area contributed by atoms with E-state index in [1.165, 1.54) is 16.3 Å². The quantitative estimate of drug-likeness (QED) is 0.717. The summed E-state index contributed by atoms with van der Waals surface area (Å²) < 4.78 is 6.10. The van der Waals surface area contributed by atoms with Crippen molar-refractivity contribution in [2.45, 2.75) is 26.0 Å². The van der Waals surface area contributed by atoms with Crippen LogP contribution in [-0.4, -0.2) is 12.6 Å². The molecular weight excluding hydrogens is 296 g/mol. The van der Waals surface area contributed by atoms with Crippen molar-refractivity contribution in [3.8, 4) is 5.75 Å². The normalized spacial score (nSPS) is 16.7. The molecule has 1 heterocycles. The summed E-state index contributed by atoms with van der Waals surface area (Å²) in [7, 11) is 0. The number of hydrogen-bond donors (Lipinski definition) is 1. The number of nitrogen functional groups attached to an aromatic ring is 1. The molecule has 3 aromatic carbocycles. The molecule has 1 aliphatic heterocycles. The number of ether oxygens (including phenoxy) is 1. The van der Waals surface area contributed by atoms with Crippen LogP contribution in [0.1, 0.15) is 18.9 Å². The number of nitrogens with zero attached hydrogens (tertiary/aromatic N) is 1. The van der Waals surface area contributed by atoms with Crippen LogP contribution in [0.5, 0.6) is 5.75 Å². The maximum atomic E-state index is 6.10. The van der Waals surface area contributed by atoms with Crippen molar-refractivity contribution in [1.29, 1.82) is 0 Å². The van der Waals surface area contributed by atoms with Gasteiger partial charge in [0.05, 0.1) is 12.2 Å². The van der Waals surface area contributed by atoms with Crippen molar-refractivity contribution in [3.63, 3.8) is 0 Å². The predicted molar refractivity (Wildman–Crippen MR) is 101 cm³/mol. The van der Waals surface area contributed by atoms with E-state index >= 15 is 0 Å². The van der Waals surface area contributed by atoms with Crippen molar-refractivity contribution >= 4 is 22.1 Å². The zero-order valence-electron chi connectivity index (χ0n) is 13.9. The summed E-state index contributed by atoms with van der Waals surface area (Å²) in [6, 6.07) is 21.0. The Morgan fingerprint density at radius 1 is 1.08 bits per heavy atom. The van der Waals surface area contributed by atoms with Gasteiger partial charge >= 0.3 is 0 Å². The fourth-order valence-electron chi connectivity index (χ4n) is 3.45. The summed E-state index contributed by atoms with van der Waals surface area (Å²) in [4.78, 5) is 2.41. The number of rotatable bonds is 3. The van der Waals surface area contributed by atoms with Gasteiger partial charge in [-0.05, 0) is 34.9 Å². The highest BCUT2D eigenvalue weighted by Gasteiger charge is 2.25. The van der Waals surface area contributed by atoms with Crippen LogP contribution in [0.3, 0.4) is 0 Å². The number of anilines is 2. The molecule has 24 heavy (non-hydrogen) atoms. The molecule has 0 aromatic heterocycles. The van der Waals surface area contributed by atoms with Crippen LogP contribution in [0.25, 0.3) is 10.8 Å². The molecule has 3 nitrogen and oxygen atoms in total. The maximum absolute atomic E-state index is 6.10. The third-order valence-electron chi connectivity index (χ3n) is 4.74. The number of nitrogens with two attached hydrogens (primary N) is 1. The lowest BCUT2D eigenvalue weighted by Gasteiger charge is -2.36. The molecule has 0 spiro atoms. The fourth-order valence-corrected chi connectivity index (χ4v) is 3.45. The minimum atomic E-state index is 0.203. The van der Waals surface area contributed by atoms with Gasteiger partial charge in [0.25, 0.3) is 0 Å². The molecule has 1 unspecified atom stereocenters. The highest BCUT2D eigenvalue weighted by Crippen LogP contribution is 2.37. The Morgan fingerprint density at radius 3 is 2.79 bits per heavy atom.